The molecular formula is C22H31NO8. The maximum atomic E-state index is 12.2. The number of nitrogens with two attached hydrogens (primary N) is 1. The van der Waals surface area contributed by atoms with Crippen molar-refractivity contribution in [2.24, 2.45) is 11.7 Å². The van der Waals surface area contributed by atoms with E-state index in [4.69, 9.17) is 24.7 Å². The molecule has 0 aliphatic heterocycles. The van der Waals surface area contributed by atoms with Crippen molar-refractivity contribution >= 4 is 23.9 Å². The van der Waals surface area contributed by atoms with Gasteiger partial charge in [0.2, 0.25) is 0 Å². The molecule has 0 bridgehead atoms. The van der Waals surface area contributed by atoms with Crippen LogP contribution in [0.4, 0.5) is 0 Å². The van der Waals surface area contributed by atoms with Crippen LogP contribution in [0.1, 0.15) is 53.0 Å². The lowest BCUT2D eigenvalue weighted by molar-refractivity contribution is -0.159. The Morgan fingerprint density at radius 3 is 2.19 bits per heavy atom. The highest BCUT2D eigenvalue weighted by Gasteiger charge is 2.20. The maximum absolute atomic E-state index is 12.2. The number of carbonyl (C=O) groups is 4. The van der Waals surface area contributed by atoms with Gasteiger partial charge in [-0.2, -0.15) is 0 Å². The molecule has 0 saturated heterocycles. The summed E-state index contributed by atoms with van der Waals surface area (Å²) in [6.45, 7) is 7.90. The van der Waals surface area contributed by atoms with Gasteiger partial charge in [-0.25, -0.2) is 0 Å². The fraction of sp³-hybridized carbons (Fsp3) is 0.545. The Kier molecular flexibility index (Phi) is 10.7. The Morgan fingerprint density at radius 1 is 1.00 bits per heavy atom. The van der Waals surface area contributed by atoms with Gasteiger partial charge in [0.05, 0.1) is 0 Å². The highest BCUT2D eigenvalue weighted by atomic mass is 16.6. The molecule has 9 heteroatoms. The molecule has 0 spiro atoms. The molecule has 0 amide bonds. The Balaban J connectivity index is 2.64. The number of hydrogen-bond acceptors (Lipinski definition) is 9. The third-order valence-electron chi connectivity index (χ3n) is 4.28. The molecule has 9 nitrogen and oxygen atoms in total. The van der Waals surface area contributed by atoms with E-state index in [2.05, 4.69) is 0 Å². The van der Waals surface area contributed by atoms with Crippen molar-refractivity contribution in [1.82, 2.24) is 0 Å². The Bertz CT molecular complexity index is 792. The maximum Gasteiger partial charge on any atom is 0.323 e. The molecular weight excluding hydrogens is 406 g/mol. The van der Waals surface area contributed by atoms with Crippen LogP contribution in [0.25, 0.3) is 0 Å². The van der Waals surface area contributed by atoms with Gasteiger partial charge in [0.15, 0.2) is 11.5 Å². The monoisotopic (exact) mass is 437 g/mol. The molecule has 1 aromatic carbocycles. The summed E-state index contributed by atoms with van der Waals surface area (Å²) in [6, 6.07) is 3.52. The minimum Gasteiger partial charge on any atom is -0.461 e. The number of benzene rings is 1. The van der Waals surface area contributed by atoms with Gasteiger partial charge in [0.1, 0.15) is 18.8 Å². The minimum atomic E-state index is -0.993. The molecule has 1 unspecified atom stereocenters. The average molecular weight is 437 g/mol. The van der Waals surface area contributed by atoms with Crippen molar-refractivity contribution in [2.45, 2.75) is 66.0 Å². The van der Waals surface area contributed by atoms with Crippen LogP contribution in [0.15, 0.2) is 18.2 Å². The van der Waals surface area contributed by atoms with Crippen molar-refractivity contribution in [1.29, 1.82) is 0 Å². The second-order valence-electron chi connectivity index (χ2n) is 7.43. The van der Waals surface area contributed by atoms with Crippen LogP contribution in [0, 0.1) is 5.92 Å². The van der Waals surface area contributed by atoms with Gasteiger partial charge in [0.25, 0.3) is 0 Å². The summed E-state index contributed by atoms with van der Waals surface area (Å²) < 4.78 is 20.4. The first-order valence-corrected chi connectivity index (χ1v) is 10.1. The van der Waals surface area contributed by atoms with Crippen LogP contribution in [0.2, 0.25) is 0 Å². The van der Waals surface area contributed by atoms with Gasteiger partial charge in [-0.05, 0) is 37.0 Å². The second-order valence-corrected chi connectivity index (χ2v) is 7.43. The third kappa shape index (κ3) is 10.1. The smallest absolute Gasteiger partial charge is 0.323 e. The van der Waals surface area contributed by atoms with Crippen molar-refractivity contribution in [2.75, 3.05) is 6.61 Å². The van der Waals surface area contributed by atoms with Gasteiger partial charge in [-0.1, -0.05) is 26.3 Å². The van der Waals surface area contributed by atoms with Gasteiger partial charge in [-0.15, -0.1) is 0 Å². The first kappa shape index (κ1) is 26.1. The summed E-state index contributed by atoms with van der Waals surface area (Å²) in [5.41, 5.74) is 6.49. The number of esters is 4. The van der Waals surface area contributed by atoms with Gasteiger partial charge < -0.3 is 24.7 Å². The van der Waals surface area contributed by atoms with Crippen molar-refractivity contribution in [3.8, 4) is 11.5 Å². The summed E-state index contributed by atoms with van der Waals surface area (Å²) in [7, 11) is 0. The van der Waals surface area contributed by atoms with Gasteiger partial charge in [-0.3, -0.25) is 19.2 Å². The lowest BCUT2D eigenvalue weighted by Gasteiger charge is -2.17. The quantitative estimate of drug-likeness (QED) is 0.409. The molecule has 172 valence electrons. The lowest BCUT2D eigenvalue weighted by atomic mass is 10.1. The van der Waals surface area contributed by atoms with Gasteiger partial charge in [0, 0.05) is 20.3 Å². The molecule has 0 saturated carbocycles. The van der Waals surface area contributed by atoms with Crippen LogP contribution >= 0.6 is 0 Å². The Labute approximate surface area is 182 Å². The minimum absolute atomic E-state index is 0.0441. The van der Waals surface area contributed by atoms with Crippen molar-refractivity contribution < 1.29 is 38.1 Å². The molecule has 0 aliphatic carbocycles. The normalized spacial score (nSPS) is 13.5. The van der Waals surface area contributed by atoms with Crippen LogP contribution in [-0.4, -0.2) is 42.6 Å². The first-order chi connectivity index (χ1) is 14.5. The van der Waals surface area contributed by atoms with Crippen LogP contribution in [0.5, 0.6) is 11.5 Å². The van der Waals surface area contributed by atoms with Crippen LogP contribution < -0.4 is 15.2 Å². The number of rotatable bonds is 11. The summed E-state index contributed by atoms with van der Waals surface area (Å²) in [5, 5.41) is 0. The van der Waals surface area contributed by atoms with E-state index in [0.29, 0.717) is 12.0 Å². The number of hydrogen-bond donors (Lipinski definition) is 1. The largest absolute Gasteiger partial charge is 0.461 e. The zero-order chi connectivity index (χ0) is 23.6. The molecule has 0 heterocycles. The summed E-state index contributed by atoms with van der Waals surface area (Å²) >= 11 is 0. The van der Waals surface area contributed by atoms with Crippen molar-refractivity contribution in [3.63, 3.8) is 0 Å². The fourth-order valence-electron chi connectivity index (χ4n) is 2.53. The van der Waals surface area contributed by atoms with E-state index in [0.717, 1.165) is 6.42 Å². The predicted molar refractivity (Wildman–Crippen MR) is 111 cm³/mol. The Hall–Kier alpha value is -2.94. The number of carbonyl (C=O) groups excluding carboxylic acids is 4. The van der Waals surface area contributed by atoms with E-state index in [1.54, 1.807) is 13.0 Å². The van der Waals surface area contributed by atoms with Crippen molar-refractivity contribution in [3.05, 3.63) is 23.8 Å². The highest BCUT2D eigenvalue weighted by molar-refractivity contribution is 5.76. The van der Waals surface area contributed by atoms with E-state index in [1.807, 2.05) is 13.8 Å². The molecule has 1 rings (SSSR count). The van der Waals surface area contributed by atoms with Crippen LogP contribution in [-0.2, 0) is 35.1 Å². The predicted octanol–water partition coefficient (Wildman–Crippen LogP) is 2.32. The summed E-state index contributed by atoms with van der Waals surface area (Å²) in [6.07, 6.45) is 0.679. The van der Waals surface area contributed by atoms with E-state index in [9.17, 15) is 19.2 Å². The molecule has 31 heavy (non-hydrogen) atoms. The fourth-order valence-corrected chi connectivity index (χ4v) is 2.53. The summed E-state index contributed by atoms with van der Waals surface area (Å²) in [4.78, 5) is 46.5. The second kappa shape index (κ2) is 12.7. The molecule has 1 aromatic rings. The van der Waals surface area contributed by atoms with E-state index < -0.39 is 30.1 Å². The first-order valence-electron chi connectivity index (χ1n) is 10.1. The highest BCUT2D eigenvalue weighted by Crippen LogP contribution is 2.29. The Morgan fingerprint density at radius 2 is 1.61 bits per heavy atom. The average Bonchev–Trinajstić information content (AvgIpc) is 2.66. The molecule has 0 radical (unpaired) electrons. The lowest BCUT2D eigenvalue weighted by Crippen LogP contribution is -2.36. The van der Waals surface area contributed by atoms with Crippen LogP contribution in [0.3, 0.4) is 0 Å². The zero-order valence-electron chi connectivity index (χ0n) is 18.6. The molecule has 0 fully saturated rings. The van der Waals surface area contributed by atoms with E-state index in [1.165, 1.54) is 26.0 Å². The standard InChI is InChI=1S/C22H31NO8/c1-6-13(2)9-21(26)29-14(3)12-28-22(27)18(23)10-17-7-8-19(30-15(4)24)20(11-17)31-16(5)25/h7-8,11,13-14,18H,6,9-10,12,23H2,1-5H3/t13?,14-,18-/m0/s1. The number of ether oxygens (including phenoxy) is 4. The SMILES string of the molecule is CCC(C)CC(=O)O[C@@H](C)COC(=O)[C@@H](N)Cc1ccc(OC(C)=O)c(OC(C)=O)c1. The van der Waals surface area contributed by atoms with Gasteiger partial charge >= 0.3 is 23.9 Å². The summed E-state index contributed by atoms with van der Waals surface area (Å²) in [5.74, 6) is -1.82. The molecule has 3 atom stereocenters. The molecule has 0 aliphatic rings. The third-order valence-corrected chi connectivity index (χ3v) is 4.28. The molecule has 2 N–H and O–H groups in total. The van der Waals surface area contributed by atoms with E-state index in [-0.39, 0.29) is 36.4 Å². The van der Waals surface area contributed by atoms with E-state index >= 15 is 0 Å². The topological polar surface area (TPSA) is 131 Å². The molecule has 0 aromatic heterocycles. The zero-order valence-corrected chi connectivity index (χ0v) is 18.6.